The Labute approximate surface area is 211 Å². The molecule has 0 radical (unpaired) electrons. The number of ketones is 1. The van der Waals surface area contributed by atoms with Crippen LogP contribution in [0.15, 0.2) is 88.5 Å². The number of allylic oxidation sites excluding steroid dienone is 1. The van der Waals surface area contributed by atoms with Gasteiger partial charge in [-0.25, -0.2) is 4.68 Å². The van der Waals surface area contributed by atoms with Gasteiger partial charge in [-0.05, 0) is 37.4 Å². The molecule has 0 fully saturated rings. The number of thiophene rings is 1. The number of nitrogens with one attached hydrogen (secondary N) is 2. The van der Waals surface area contributed by atoms with Crippen molar-refractivity contribution in [3.8, 4) is 0 Å². The number of carbonyl (C=O) groups excluding carboxylic acids is 2. The summed E-state index contributed by atoms with van der Waals surface area (Å²) in [5, 5.41) is 13.4. The average Bonchev–Trinajstić information content (AvgIpc) is 3.52. The van der Waals surface area contributed by atoms with Gasteiger partial charge in [-0.1, -0.05) is 65.9 Å². The SMILES string of the molecule is CC1=C(C(=O)Nc2ccccc2)[C@@H](c2cccs2)n2nc(SCC(=O)c3ccc(C)cc3)nc2N1. The number of fused-ring (bicyclic) bond motifs is 1. The van der Waals surface area contributed by atoms with Gasteiger partial charge in [0.05, 0.1) is 11.3 Å². The first-order chi connectivity index (χ1) is 17.0. The number of thioether (sulfide) groups is 1. The number of benzene rings is 2. The molecular formula is C26H23N5O2S2. The topological polar surface area (TPSA) is 88.9 Å². The molecule has 5 rings (SSSR count). The number of rotatable bonds is 7. The monoisotopic (exact) mass is 501 g/mol. The molecule has 2 aromatic carbocycles. The molecule has 1 aliphatic heterocycles. The maximum Gasteiger partial charge on any atom is 0.255 e. The smallest absolute Gasteiger partial charge is 0.255 e. The average molecular weight is 502 g/mol. The first kappa shape index (κ1) is 23.1. The molecule has 3 heterocycles. The summed E-state index contributed by atoms with van der Waals surface area (Å²) in [5.41, 5.74) is 3.78. The Morgan fingerprint density at radius 1 is 1.06 bits per heavy atom. The molecule has 0 spiro atoms. The van der Waals surface area contributed by atoms with E-state index in [4.69, 9.17) is 0 Å². The molecule has 176 valence electrons. The van der Waals surface area contributed by atoms with Crippen LogP contribution in [0.5, 0.6) is 0 Å². The van der Waals surface area contributed by atoms with Crippen molar-refractivity contribution in [3.05, 3.63) is 99.4 Å². The number of amides is 1. The van der Waals surface area contributed by atoms with E-state index in [0.717, 1.165) is 16.1 Å². The second kappa shape index (κ2) is 9.89. The van der Waals surface area contributed by atoms with Crippen LogP contribution in [-0.2, 0) is 4.79 Å². The van der Waals surface area contributed by atoms with Gasteiger partial charge in [0, 0.05) is 21.8 Å². The van der Waals surface area contributed by atoms with Crippen LogP contribution >= 0.6 is 23.1 Å². The fraction of sp³-hybridized carbons (Fsp3) is 0.154. The largest absolute Gasteiger partial charge is 0.328 e. The summed E-state index contributed by atoms with van der Waals surface area (Å²) >= 11 is 2.84. The van der Waals surface area contributed by atoms with Crippen molar-refractivity contribution in [2.75, 3.05) is 16.4 Å². The molecule has 35 heavy (non-hydrogen) atoms. The fourth-order valence-electron chi connectivity index (χ4n) is 3.87. The number of aryl methyl sites for hydroxylation is 1. The van der Waals surface area contributed by atoms with Crippen LogP contribution in [0.25, 0.3) is 0 Å². The van der Waals surface area contributed by atoms with Crippen molar-refractivity contribution in [1.29, 1.82) is 0 Å². The zero-order valence-electron chi connectivity index (χ0n) is 19.2. The van der Waals surface area contributed by atoms with Gasteiger partial charge >= 0.3 is 0 Å². The van der Waals surface area contributed by atoms with E-state index in [1.807, 2.05) is 86.0 Å². The summed E-state index contributed by atoms with van der Waals surface area (Å²) in [6, 6.07) is 20.4. The Morgan fingerprint density at radius 2 is 1.83 bits per heavy atom. The van der Waals surface area contributed by atoms with Crippen molar-refractivity contribution >= 4 is 46.4 Å². The molecule has 0 saturated carbocycles. The lowest BCUT2D eigenvalue weighted by Gasteiger charge is -2.27. The lowest BCUT2D eigenvalue weighted by molar-refractivity contribution is -0.113. The lowest BCUT2D eigenvalue weighted by atomic mass is 10.0. The third kappa shape index (κ3) is 4.91. The normalized spacial score (nSPS) is 14.9. The highest BCUT2D eigenvalue weighted by atomic mass is 32.2. The van der Waals surface area contributed by atoms with Crippen LogP contribution in [-0.4, -0.2) is 32.2 Å². The van der Waals surface area contributed by atoms with E-state index >= 15 is 0 Å². The summed E-state index contributed by atoms with van der Waals surface area (Å²) < 4.78 is 1.73. The minimum atomic E-state index is -0.426. The van der Waals surface area contributed by atoms with Gasteiger partial charge in [-0.2, -0.15) is 4.98 Å². The summed E-state index contributed by atoms with van der Waals surface area (Å²) in [7, 11) is 0. The van der Waals surface area contributed by atoms with Crippen molar-refractivity contribution in [1.82, 2.24) is 14.8 Å². The number of aromatic nitrogens is 3. The molecule has 0 aliphatic carbocycles. The first-order valence-corrected chi connectivity index (χ1v) is 12.9. The van der Waals surface area contributed by atoms with Gasteiger partial charge in [-0.3, -0.25) is 9.59 Å². The predicted octanol–water partition coefficient (Wildman–Crippen LogP) is 5.55. The second-order valence-corrected chi connectivity index (χ2v) is 10.1. The predicted molar refractivity (Wildman–Crippen MR) is 140 cm³/mol. The van der Waals surface area contributed by atoms with Crippen LogP contribution in [0.2, 0.25) is 0 Å². The van der Waals surface area contributed by atoms with Crippen molar-refractivity contribution < 1.29 is 9.59 Å². The molecule has 1 aliphatic rings. The van der Waals surface area contributed by atoms with Crippen LogP contribution in [0, 0.1) is 6.92 Å². The zero-order valence-corrected chi connectivity index (χ0v) is 20.8. The third-order valence-corrected chi connectivity index (χ3v) is 7.39. The van der Waals surface area contributed by atoms with Gasteiger partial charge in [-0.15, -0.1) is 16.4 Å². The van der Waals surface area contributed by atoms with Crippen LogP contribution in [0.1, 0.15) is 33.8 Å². The van der Waals surface area contributed by atoms with Gasteiger partial charge in [0.1, 0.15) is 6.04 Å². The van der Waals surface area contributed by atoms with Crippen LogP contribution < -0.4 is 10.6 Å². The Morgan fingerprint density at radius 3 is 2.54 bits per heavy atom. The van der Waals surface area contributed by atoms with Crippen LogP contribution in [0.4, 0.5) is 11.6 Å². The molecule has 0 saturated heterocycles. The third-order valence-electron chi connectivity index (χ3n) is 5.63. The summed E-state index contributed by atoms with van der Waals surface area (Å²) in [6.07, 6.45) is 0. The highest BCUT2D eigenvalue weighted by molar-refractivity contribution is 7.99. The summed E-state index contributed by atoms with van der Waals surface area (Å²) in [6.45, 7) is 3.86. The van der Waals surface area contributed by atoms with E-state index in [1.165, 1.54) is 11.8 Å². The fourth-order valence-corrected chi connectivity index (χ4v) is 5.41. The molecule has 9 heteroatoms. The number of nitrogens with zero attached hydrogens (tertiary/aromatic N) is 3. The minimum absolute atomic E-state index is 0.0165. The molecule has 2 N–H and O–H groups in total. The van der Waals surface area contributed by atoms with E-state index < -0.39 is 6.04 Å². The van der Waals surface area contributed by atoms with Gasteiger partial charge in [0.15, 0.2) is 5.78 Å². The maximum atomic E-state index is 13.4. The molecule has 1 amide bonds. The van der Waals surface area contributed by atoms with Crippen molar-refractivity contribution in [2.24, 2.45) is 0 Å². The maximum absolute atomic E-state index is 13.4. The summed E-state index contributed by atoms with van der Waals surface area (Å²) in [4.78, 5) is 31.6. The molecule has 0 bridgehead atoms. The number of carbonyl (C=O) groups is 2. The Hall–Kier alpha value is -3.69. The Kier molecular flexibility index (Phi) is 6.52. The quantitative estimate of drug-likeness (QED) is 0.255. The highest BCUT2D eigenvalue weighted by Gasteiger charge is 2.35. The van der Waals surface area contributed by atoms with E-state index in [1.54, 1.807) is 16.0 Å². The number of hydrogen-bond acceptors (Lipinski definition) is 7. The van der Waals surface area contributed by atoms with E-state index in [9.17, 15) is 9.59 Å². The lowest BCUT2D eigenvalue weighted by Crippen LogP contribution is -2.31. The summed E-state index contributed by atoms with van der Waals surface area (Å²) in [5.74, 6) is 0.582. The number of anilines is 2. The van der Waals surface area contributed by atoms with Crippen molar-refractivity contribution in [2.45, 2.75) is 25.0 Å². The number of hydrogen-bond donors (Lipinski definition) is 2. The van der Waals surface area contributed by atoms with E-state index in [-0.39, 0.29) is 17.4 Å². The second-order valence-electron chi connectivity index (χ2n) is 8.14. The van der Waals surface area contributed by atoms with Crippen molar-refractivity contribution in [3.63, 3.8) is 0 Å². The molecule has 1 atom stereocenters. The standard InChI is InChI=1S/C26H23N5O2S2/c1-16-10-12-18(13-11-16)20(32)15-35-26-29-25-27-17(2)22(24(33)28-19-7-4-3-5-8-19)23(31(25)30-26)21-9-6-14-34-21/h3-14,23H,15H2,1-2H3,(H,28,33)(H,27,29,30)/t23-/m1/s1. The Balaban J connectivity index is 1.40. The van der Waals surface area contributed by atoms with E-state index in [2.05, 4.69) is 20.7 Å². The molecular weight excluding hydrogens is 478 g/mol. The first-order valence-electron chi connectivity index (χ1n) is 11.1. The Bertz CT molecular complexity index is 1390. The molecule has 4 aromatic rings. The molecule has 2 aromatic heterocycles. The van der Waals surface area contributed by atoms with Gasteiger partial charge in [0.2, 0.25) is 11.1 Å². The van der Waals surface area contributed by atoms with Gasteiger partial charge in [0.25, 0.3) is 5.91 Å². The highest BCUT2D eigenvalue weighted by Crippen LogP contribution is 2.38. The van der Waals surface area contributed by atoms with Crippen LogP contribution in [0.3, 0.4) is 0 Å². The number of para-hydroxylation sites is 1. The number of Topliss-reactive ketones (excluding diaryl/α,β-unsaturated/α-hetero) is 1. The zero-order chi connectivity index (χ0) is 24.4. The molecule has 7 nitrogen and oxygen atoms in total. The van der Waals surface area contributed by atoms with E-state index in [0.29, 0.717) is 27.9 Å². The molecule has 0 unspecified atom stereocenters. The van der Waals surface area contributed by atoms with Gasteiger partial charge < -0.3 is 10.6 Å². The minimum Gasteiger partial charge on any atom is -0.328 e.